The lowest BCUT2D eigenvalue weighted by molar-refractivity contribution is -0.124. The molecule has 1 aliphatic rings. The van der Waals surface area contributed by atoms with Crippen molar-refractivity contribution in [2.24, 2.45) is 16.6 Å². The van der Waals surface area contributed by atoms with Gasteiger partial charge in [-0.05, 0) is 35.7 Å². The Labute approximate surface area is 128 Å². The van der Waals surface area contributed by atoms with E-state index in [0.717, 1.165) is 18.4 Å². The first-order valence-electron chi connectivity index (χ1n) is 7.79. The van der Waals surface area contributed by atoms with E-state index in [1.54, 1.807) is 0 Å². The number of nitrogens with two attached hydrogens (primary N) is 1. The molecule has 1 fully saturated rings. The molecule has 0 radical (unpaired) electrons. The molecule has 116 valence electrons. The zero-order valence-corrected chi connectivity index (χ0v) is 13.6. The van der Waals surface area contributed by atoms with Gasteiger partial charge in [-0.15, -0.1) is 0 Å². The molecule has 1 amide bonds. The van der Waals surface area contributed by atoms with Crippen LogP contribution < -0.4 is 11.1 Å². The molecule has 3 nitrogen and oxygen atoms in total. The second-order valence-electron chi connectivity index (χ2n) is 8.01. The quantitative estimate of drug-likeness (QED) is 0.895. The topological polar surface area (TPSA) is 55.1 Å². The van der Waals surface area contributed by atoms with E-state index in [2.05, 4.69) is 33.0 Å². The van der Waals surface area contributed by atoms with Crippen molar-refractivity contribution in [3.63, 3.8) is 0 Å². The molecule has 0 aromatic heterocycles. The smallest absolute Gasteiger partial charge is 0.241 e. The fraction of sp³-hybridized carbons (Fsp3) is 0.611. The molecule has 21 heavy (non-hydrogen) atoms. The minimum atomic E-state index is -0.584. The Morgan fingerprint density at radius 2 is 1.67 bits per heavy atom. The van der Waals surface area contributed by atoms with Gasteiger partial charge in [0.15, 0.2) is 0 Å². The van der Waals surface area contributed by atoms with E-state index in [9.17, 15) is 4.79 Å². The first kappa shape index (κ1) is 16.0. The second-order valence-corrected chi connectivity index (χ2v) is 8.01. The van der Waals surface area contributed by atoms with Gasteiger partial charge < -0.3 is 11.1 Å². The van der Waals surface area contributed by atoms with Crippen molar-refractivity contribution in [2.75, 3.05) is 0 Å². The molecule has 1 saturated carbocycles. The summed E-state index contributed by atoms with van der Waals surface area (Å²) in [7, 11) is 0. The van der Waals surface area contributed by atoms with Crippen LogP contribution in [0.15, 0.2) is 30.3 Å². The van der Waals surface area contributed by atoms with E-state index in [4.69, 9.17) is 5.73 Å². The summed E-state index contributed by atoms with van der Waals surface area (Å²) in [5.41, 5.74) is 7.46. The van der Waals surface area contributed by atoms with E-state index < -0.39 is 6.04 Å². The molecule has 0 heterocycles. The third-order valence-corrected chi connectivity index (χ3v) is 4.34. The molecule has 0 spiro atoms. The van der Waals surface area contributed by atoms with Crippen LogP contribution in [0.2, 0.25) is 0 Å². The van der Waals surface area contributed by atoms with Gasteiger partial charge in [0, 0.05) is 6.04 Å². The fourth-order valence-corrected chi connectivity index (χ4v) is 4.05. The van der Waals surface area contributed by atoms with Gasteiger partial charge in [-0.1, -0.05) is 58.0 Å². The maximum absolute atomic E-state index is 12.4. The fourth-order valence-electron chi connectivity index (χ4n) is 4.05. The Hall–Kier alpha value is -1.35. The largest absolute Gasteiger partial charge is 0.352 e. The SMILES string of the molecule is CC1(C)CC(NC(=O)C(N)c2ccccc2)CC(C)(C)C1. The van der Waals surface area contributed by atoms with Crippen molar-refractivity contribution in [1.82, 2.24) is 5.32 Å². The van der Waals surface area contributed by atoms with E-state index in [1.807, 2.05) is 30.3 Å². The van der Waals surface area contributed by atoms with E-state index in [-0.39, 0.29) is 22.8 Å². The van der Waals surface area contributed by atoms with Gasteiger partial charge in [-0.2, -0.15) is 0 Å². The number of nitrogens with one attached hydrogen (secondary N) is 1. The van der Waals surface area contributed by atoms with Crippen molar-refractivity contribution in [3.05, 3.63) is 35.9 Å². The van der Waals surface area contributed by atoms with Crippen molar-refractivity contribution in [2.45, 2.75) is 59.0 Å². The molecule has 3 N–H and O–H groups in total. The molecule has 2 rings (SSSR count). The van der Waals surface area contributed by atoms with Gasteiger partial charge in [0.1, 0.15) is 6.04 Å². The minimum Gasteiger partial charge on any atom is -0.352 e. The van der Waals surface area contributed by atoms with Crippen LogP contribution in [-0.2, 0) is 4.79 Å². The molecule has 1 aromatic rings. The third kappa shape index (κ3) is 4.31. The molecule has 3 heteroatoms. The van der Waals surface area contributed by atoms with E-state index >= 15 is 0 Å². The zero-order chi connectivity index (χ0) is 15.7. The lowest BCUT2D eigenvalue weighted by Gasteiger charge is -2.45. The number of carbonyl (C=O) groups excluding carboxylic acids is 1. The Morgan fingerprint density at radius 1 is 1.14 bits per heavy atom. The van der Waals surface area contributed by atoms with Crippen LogP contribution in [-0.4, -0.2) is 11.9 Å². The molecule has 0 bridgehead atoms. The van der Waals surface area contributed by atoms with Gasteiger partial charge in [0.25, 0.3) is 0 Å². The molecule has 0 saturated heterocycles. The van der Waals surface area contributed by atoms with Crippen LogP contribution in [0.1, 0.15) is 58.6 Å². The zero-order valence-electron chi connectivity index (χ0n) is 13.6. The monoisotopic (exact) mass is 288 g/mol. The summed E-state index contributed by atoms with van der Waals surface area (Å²) in [6.07, 6.45) is 3.23. The molecule has 0 aliphatic heterocycles. The van der Waals surface area contributed by atoms with Gasteiger partial charge in [0.05, 0.1) is 0 Å². The summed E-state index contributed by atoms with van der Waals surface area (Å²) >= 11 is 0. The Balaban J connectivity index is 2.02. The van der Waals surface area contributed by atoms with Crippen LogP contribution in [0.25, 0.3) is 0 Å². The van der Waals surface area contributed by atoms with Crippen molar-refractivity contribution < 1.29 is 4.79 Å². The standard InChI is InChI=1S/C18H28N2O/c1-17(2)10-14(11-18(3,4)12-17)20-16(21)15(19)13-8-6-5-7-9-13/h5-9,14-15H,10-12,19H2,1-4H3,(H,20,21). The summed E-state index contributed by atoms with van der Waals surface area (Å²) in [6.45, 7) is 9.13. The number of rotatable bonds is 3. The summed E-state index contributed by atoms with van der Waals surface area (Å²) in [4.78, 5) is 12.4. The highest BCUT2D eigenvalue weighted by atomic mass is 16.2. The predicted octanol–water partition coefficient (Wildman–Crippen LogP) is 3.41. The maximum Gasteiger partial charge on any atom is 0.241 e. The summed E-state index contributed by atoms with van der Waals surface area (Å²) in [5.74, 6) is -0.0697. The lowest BCUT2D eigenvalue weighted by Crippen LogP contribution is -2.48. The first-order valence-corrected chi connectivity index (χ1v) is 7.79. The van der Waals surface area contributed by atoms with Gasteiger partial charge in [0.2, 0.25) is 5.91 Å². The number of carbonyl (C=O) groups is 1. The molecule has 1 aliphatic carbocycles. The average molecular weight is 288 g/mol. The van der Waals surface area contributed by atoms with Crippen molar-refractivity contribution in [3.8, 4) is 0 Å². The van der Waals surface area contributed by atoms with Crippen molar-refractivity contribution in [1.29, 1.82) is 0 Å². The summed E-state index contributed by atoms with van der Waals surface area (Å²) in [6, 6.07) is 9.19. The lowest BCUT2D eigenvalue weighted by atomic mass is 9.63. The highest BCUT2D eigenvalue weighted by Crippen LogP contribution is 2.45. The van der Waals surface area contributed by atoms with Crippen molar-refractivity contribution >= 4 is 5.91 Å². The second kappa shape index (κ2) is 5.80. The highest BCUT2D eigenvalue weighted by molar-refractivity contribution is 5.83. The first-order chi connectivity index (χ1) is 9.69. The van der Waals surface area contributed by atoms with E-state index in [1.165, 1.54) is 6.42 Å². The van der Waals surface area contributed by atoms with Gasteiger partial charge >= 0.3 is 0 Å². The number of benzene rings is 1. The van der Waals surface area contributed by atoms with Crippen LogP contribution in [0.3, 0.4) is 0 Å². The van der Waals surface area contributed by atoms with Crippen LogP contribution in [0.4, 0.5) is 0 Å². The normalized spacial score (nSPS) is 22.5. The molecular weight excluding hydrogens is 260 g/mol. The van der Waals surface area contributed by atoms with Crippen LogP contribution in [0, 0.1) is 10.8 Å². The minimum absolute atomic E-state index is 0.0697. The molecule has 1 aromatic carbocycles. The van der Waals surface area contributed by atoms with Gasteiger partial charge in [-0.25, -0.2) is 0 Å². The molecule has 1 atom stereocenters. The molecule has 1 unspecified atom stereocenters. The van der Waals surface area contributed by atoms with Gasteiger partial charge in [-0.3, -0.25) is 4.79 Å². The Kier molecular flexibility index (Phi) is 4.43. The summed E-state index contributed by atoms with van der Waals surface area (Å²) in [5, 5.41) is 3.16. The summed E-state index contributed by atoms with van der Waals surface area (Å²) < 4.78 is 0. The van der Waals surface area contributed by atoms with Crippen LogP contribution >= 0.6 is 0 Å². The molecular formula is C18H28N2O. The maximum atomic E-state index is 12.4. The number of amides is 1. The highest BCUT2D eigenvalue weighted by Gasteiger charge is 2.39. The average Bonchev–Trinajstić information content (AvgIpc) is 2.35. The van der Waals surface area contributed by atoms with Crippen LogP contribution in [0.5, 0.6) is 0 Å². The number of hydrogen-bond donors (Lipinski definition) is 2. The third-order valence-electron chi connectivity index (χ3n) is 4.34. The Bertz CT molecular complexity index is 477. The Morgan fingerprint density at radius 3 is 2.19 bits per heavy atom. The predicted molar refractivity (Wildman–Crippen MR) is 86.7 cm³/mol. The van der Waals surface area contributed by atoms with E-state index in [0.29, 0.717) is 0 Å². The number of hydrogen-bond acceptors (Lipinski definition) is 2.